The molecule has 5 nitrogen and oxygen atoms in total. The second kappa shape index (κ2) is 7.67. The summed E-state index contributed by atoms with van der Waals surface area (Å²) in [5.74, 6) is 0.597. The summed E-state index contributed by atoms with van der Waals surface area (Å²) in [6.07, 6.45) is 5.11. The van der Waals surface area contributed by atoms with E-state index >= 15 is 0 Å². The summed E-state index contributed by atoms with van der Waals surface area (Å²) < 4.78 is 5.33. The Hall–Kier alpha value is -2.04. The summed E-state index contributed by atoms with van der Waals surface area (Å²) in [5, 5.41) is 0. The van der Waals surface area contributed by atoms with Crippen LogP contribution < -0.4 is 15.6 Å². The quantitative estimate of drug-likeness (QED) is 0.816. The highest BCUT2D eigenvalue weighted by atomic mass is 16.5. The van der Waals surface area contributed by atoms with Crippen molar-refractivity contribution >= 4 is 11.8 Å². The van der Waals surface area contributed by atoms with Gasteiger partial charge in [-0.15, -0.1) is 0 Å². The van der Waals surface area contributed by atoms with Crippen LogP contribution in [0.1, 0.15) is 37.7 Å². The zero-order valence-electron chi connectivity index (χ0n) is 12.4. The molecule has 1 aliphatic rings. The van der Waals surface area contributed by atoms with Crippen LogP contribution in [0.25, 0.3) is 0 Å². The third-order valence-electron chi connectivity index (χ3n) is 3.68. The summed E-state index contributed by atoms with van der Waals surface area (Å²) in [6.45, 7) is 1.86. The van der Waals surface area contributed by atoms with E-state index in [-0.39, 0.29) is 18.4 Å². The van der Waals surface area contributed by atoms with Gasteiger partial charge in [0.05, 0.1) is 0 Å². The Morgan fingerprint density at radius 2 is 1.71 bits per heavy atom. The fourth-order valence-electron chi connectivity index (χ4n) is 2.49. The van der Waals surface area contributed by atoms with Gasteiger partial charge in [-0.1, -0.05) is 30.5 Å². The van der Waals surface area contributed by atoms with E-state index in [1.807, 2.05) is 19.1 Å². The van der Waals surface area contributed by atoms with Gasteiger partial charge < -0.3 is 4.74 Å². The van der Waals surface area contributed by atoms with Gasteiger partial charge in [-0.2, -0.15) is 0 Å². The number of hydrogen-bond donors (Lipinski definition) is 2. The Kier molecular flexibility index (Phi) is 5.60. The van der Waals surface area contributed by atoms with Crippen molar-refractivity contribution in [1.29, 1.82) is 0 Å². The number of hydrogen-bond acceptors (Lipinski definition) is 3. The van der Waals surface area contributed by atoms with E-state index in [9.17, 15) is 9.59 Å². The van der Waals surface area contributed by atoms with Gasteiger partial charge in [0.15, 0.2) is 6.61 Å². The highest BCUT2D eigenvalue weighted by molar-refractivity contribution is 5.82. The van der Waals surface area contributed by atoms with Crippen molar-refractivity contribution < 1.29 is 14.3 Å². The van der Waals surface area contributed by atoms with Crippen LogP contribution in [-0.4, -0.2) is 18.4 Å². The number of ether oxygens (including phenoxy) is 1. The van der Waals surface area contributed by atoms with Gasteiger partial charge in [-0.25, -0.2) is 0 Å². The molecular formula is C16H22N2O3. The molecule has 1 saturated carbocycles. The summed E-state index contributed by atoms with van der Waals surface area (Å²) >= 11 is 0. The van der Waals surface area contributed by atoms with Crippen molar-refractivity contribution in [2.75, 3.05) is 6.61 Å². The maximum atomic E-state index is 11.6. The molecule has 114 valence electrons. The van der Waals surface area contributed by atoms with Crippen LogP contribution in [0.15, 0.2) is 24.3 Å². The molecule has 0 spiro atoms. The van der Waals surface area contributed by atoms with Crippen molar-refractivity contribution in [3.05, 3.63) is 29.8 Å². The summed E-state index contributed by atoms with van der Waals surface area (Å²) in [6, 6.07) is 7.44. The molecule has 2 N–H and O–H groups in total. The predicted octanol–water partition coefficient (Wildman–Crippen LogP) is 2.10. The molecular weight excluding hydrogens is 268 g/mol. The molecule has 5 heteroatoms. The second-order valence-corrected chi connectivity index (χ2v) is 5.55. The van der Waals surface area contributed by atoms with Crippen molar-refractivity contribution in [2.24, 2.45) is 5.92 Å². The molecule has 1 aromatic rings. The molecule has 0 heterocycles. The van der Waals surface area contributed by atoms with Gasteiger partial charge in [-0.05, 0) is 37.8 Å². The lowest BCUT2D eigenvalue weighted by atomic mass is 10.0. The van der Waals surface area contributed by atoms with Crippen LogP contribution in [0.5, 0.6) is 5.75 Å². The summed E-state index contributed by atoms with van der Waals surface area (Å²) in [4.78, 5) is 23.2. The minimum absolute atomic E-state index is 0.118. The van der Waals surface area contributed by atoms with Crippen LogP contribution in [0.4, 0.5) is 0 Å². The van der Waals surface area contributed by atoms with Gasteiger partial charge in [0.1, 0.15) is 5.75 Å². The summed E-state index contributed by atoms with van der Waals surface area (Å²) in [5.41, 5.74) is 5.94. The lowest BCUT2D eigenvalue weighted by Gasteiger charge is -2.11. The Bertz CT molecular complexity index is 479. The average Bonchev–Trinajstić information content (AvgIpc) is 2.97. The molecule has 0 unspecified atom stereocenters. The number of amides is 2. The maximum absolute atomic E-state index is 11.6. The first-order chi connectivity index (χ1) is 10.1. The Balaban J connectivity index is 1.62. The van der Waals surface area contributed by atoms with E-state index in [4.69, 9.17) is 4.74 Å². The zero-order chi connectivity index (χ0) is 15.1. The topological polar surface area (TPSA) is 67.4 Å². The van der Waals surface area contributed by atoms with Gasteiger partial charge >= 0.3 is 0 Å². The number of rotatable bonds is 5. The van der Waals surface area contributed by atoms with E-state index in [0.29, 0.717) is 18.1 Å². The molecule has 21 heavy (non-hydrogen) atoms. The SMILES string of the molecule is Cc1ccc(OCC(=O)NNC(=O)CC2CCCC2)cc1. The number of carbonyl (C=O) groups excluding carboxylic acids is 2. The summed E-state index contributed by atoms with van der Waals surface area (Å²) in [7, 11) is 0. The zero-order valence-corrected chi connectivity index (χ0v) is 12.4. The van der Waals surface area contributed by atoms with E-state index in [0.717, 1.165) is 18.4 Å². The van der Waals surface area contributed by atoms with Crippen molar-refractivity contribution in [3.8, 4) is 5.75 Å². The van der Waals surface area contributed by atoms with Crippen LogP contribution in [0.3, 0.4) is 0 Å². The third kappa shape index (κ3) is 5.45. The number of benzene rings is 1. The first-order valence-electron chi connectivity index (χ1n) is 7.40. The molecule has 1 aliphatic carbocycles. The van der Waals surface area contributed by atoms with E-state index in [2.05, 4.69) is 10.9 Å². The molecule has 2 rings (SSSR count). The van der Waals surface area contributed by atoms with Crippen LogP contribution >= 0.6 is 0 Å². The number of aryl methyl sites for hydroxylation is 1. The van der Waals surface area contributed by atoms with Crippen molar-refractivity contribution in [2.45, 2.75) is 39.0 Å². The number of hydrazine groups is 1. The van der Waals surface area contributed by atoms with Gasteiger partial charge in [0.25, 0.3) is 5.91 Å². The lowest BCUT2D eigenvalue weighted by molar-refractivity contribution is -0.130. The van der Waals surface area contributed by atoms with Crippen LogP contribution in [0, 0.1) is 12.8 Å². The van der Waals surface area contributed by atoms with Crippen molar-refractivity contribution in [3.63, 3.8) is 0 Å². The predicted molar refractivity (Wildman–Crippen MR) is 79.5 cm³/mol. The number of nitrogens with one attached hydrogen (secondary N) is 2. The molecule has 2 amide bonds. The minimum atomic E-state index is -0.365. The first kappa shape index (κ1) is 15.4. The maximum Gasteiger partial charge on any atom is 0.276 e. The lowest BCUT2D eigenvalue weighted by Crippen LogP contribution is -2.44. The standard InChI is InChI=1S/C16H22N2O3/c1-12-6-8-14(9-7-12)21-11-16(20)18-17-15(19)10-13-4-2-3-5-13/h6-9,13H,2-5,10-11H2,1H3,(H,17,19)(H,18,20). The van der Waals surface area contributed by atoms with Gasteiger partial charge in [0, 0.05) is 6.42 Å². The fraction of sp³-hybridized carbons (Fsp3) is 0.500. The molecule has 0 aromatic heterocycles. The molecule has 0 aliphatic heterocycles. The van der Waals surface area contributed by atoms with Gasteiger partial charge in [-0.3, -0.25) is 20.4 Å². The molecule has 0 saturated heterocycles. The molecule has 0 atom stereocenters. The Labute approximate surface area is 125 Å². The molecule has 1 fully saturated rings. The van der Waals surface area contributed by atoms with Crippen LogP contribution in [0.2, 0.25) is 0 Å². The smallest absolute Gasteiger partial charge is 0.276 e. The second-order valence-electron chi connectivity index (χ2n) is 5.55. The largest absolute Gasteiger partial charge is 0.484 e. The Morgan fingerprint density at radius 3 is 2.38 bits per heavy atom. The highest BCUT2D eigenvalue weighted by Gasteiger charge is 2.18. The third-order valence-corrected chi connectivity index (χ3v) is 3.68. The van der Waals surface area contributed by atoms with Crippen LogP contribution in [-0.2, 0) is 9.59 Å². The van der Waals surface area contributed by atoms with E-state index in [1.165, 1.54) is 12.8 Å². The average molecular weight is 290 g/mol. The molecule has 1 aromatic carbocycles. The fourth-order valence-corrected chi connectivity index (χ4v) is 2.49. The van der Waals surface area contributed by atoms with E-state index in [1.54, 1.807) is 12.1 Å². The molecule has 0 radical (unpaired) electrons. The monoisotopic (exact) mass is 290 g/mol. The normalized spacial score (nSPS) is 14.7. The first-order valence-corrected chi connectivity index (χ1v) is 7.40. The van der Waals surface area contributed by atoms with E-state index < -0.39 is 0 Å². The molecule has 0 bridgehead atoms. The minimum Gasteiger partial charge on any atom is -0.484 e. The van der Waals surface area contributed by atoms with Gasteiger partial charge in [0.2, 0.25) is 5.91 Å². The number of carbonyl (C=O) groups is 2. The Morgan fingerprint density at radius 1 is 1.10 bits per heavy atom. The highest BCUT2D eigenvalue weighted by Crippen LogP contribution is 2.27. The van der Waals surface area contributed by atoms with Crippen molar-refractivity contribution in [1.82, 2.24) is 10.9 Å².